The zero-order valence-corrected chi connectivity index (χ0v) is 8.01. The standard InChI is InChI=1S/C8H11N3OS/c1-2-5(1)7-10-8(12-11-7)6-3-13-4-9-6/h5-6,9H,1-4H2/t6-/m1/s1. The molecule has 2 aliphatic rings. The summed E-state index contributed by atoms with van der Waals surface area (Å²) in [6.07, 6.45) is 2.46. The van der Waals surface area contributed by atoms with E-state index < -0.39 is 0 Å². The van der Waals surface area contributed by atoms with Crippen LogP contribution < -0.4 is 5.32 Å². The van der Waals surface area contributed by atoms with Gasteiger partial charge in [0.05, 0.1) is 6.04 Å². The van der Waals surface area contributed by atoms with Crippen LogP contribution in [0.3, 0.4) is 0 Å². The molecule has 70 valence electrons. The van der Waals surface area contributed by atoms with E-state index in [1.807, 2.05) is 11.8 Å². The lowest BCUT2D eigenvalue weighted by Crippen LogP contribution is -2.14. The Morgan fingerprint density at radius 1 is 1.46 bits per heavy atom. The zero-order chi connectivity index (χ0) is 8.67. The summed E-state index contributed by atoms with van der Waals surface area (Å²) in [6, 6.07) is 0.282. The Bertz CT molecular complexity index is 304. The van der Waals surface area contributed by atoms with Crippen LogP contribution in [-0.2, 0) is 0 Å². The van der Waals surface area contributed by atoms with Gasteiger partial charge in [-0.3, -0.25) is 5.32 Å². The fourth-order valence-corrected chi connectivity index (χ4v) is 2.38. The quantitative estimate of drug-likeness (QED) is 0.774. The predicted octanol–water partition coefficient (Wildman–Crippen LogP) is 1.28. The van der Waals surface area contributed by atoms with Crippen molar-refractivity contribution in [3.63, 3.8) is 0 Å². The third-order valence-corrected chi connectivity index (χ3v) is 3.35. The largest absolute Gasteiger partial charge is 0.338 e. The van der Waals surface area contributed by atoms with Gasteiger partial charge in [-0.1, -0.05) is 5.16 Å². The average molecular weight is 197 g/mol. The number of nitrogens with zero attached hydrogens (tertiary/aromatic N) is 2. The van der Waals surface area contributed by atoms with Gasteiger partial charge in [-0.2, -0.15) is 4.98 Å². The molecule has 2 heterocycles. The van der Waals surface area contributed by atoms with Crippen LogP contribution in [0.4, 0.5) is 0 Å². The summed E-state index contributed by atoms with van der Waals surface area (Å²) >= 11 is 1.87. The molecule has 1 aliphatic carbocycles. The minimum atomic E-state index is 0.282. The first kappa shape index (κ1) is 7.82. The van der Waals surface area contributed by atoms with Crippen molar-refractivity contribution in [2.45, 2.75) is 24.8 Å². The minimum Gasteiger partial charge on any atom is -0.338 e. The lowest BCUT2D eigenvalue weighted by molar-refractivity contribution is 0.347. The van der Waals surface area contributed by atoms with Crippen LogP contribution in [0.1, 0.15) is 36.5 Å². The first-order valence-electron chi connectivity index (χ1n) is 4.58. The van der Waals surface area contributed by atoms with Gasteiger partial charge in [0, 0.05) is 17.5 Å². The fourth-order valence-electron chi connectivity index (χ4n) is 1.45. The molecule has 1 saturated heterocycles. The Kier molecular flexibility index (Phi) is 1.80. The van der Waals surface area contributed by atoms with Crippen molar-refractivity contribution >= 4 is 11.8 Å². The monoisotopic (exact) mass is 197 g/mol. The van der Waals surface area contributed by atoms with Gasteiger partial charge in [-0.25, -0.2) is 0 Å². The molecule has 13 heavy (non-hydrogen) atoms. The smallest absolute Gasteiger partial charge is 0.244 e. The van der Waals surface area contributed by atoms with Crippen LogP contribution in [0.15, 0.2) is 4.52 Å². The third-order valence-electron chi connectivity index (χ3n) is 2.41. The SMILES string of the molecule is C1N[C@@H](c2nc(C3CC3)no2)CS1. The molecule has 0 spiro atoms. The Morgan fingerprint density at radius 3 is 3.08 bits per heavy atom. The summed E-state index contributed by atoms with van der Waals surface area (Å²) in [4.78, 5) is 4.40. The average Bonchev–Trinajstić information content (AvgIpc) is 2.72. The van der Waals surface area contributed by atoms with E-state index in [0.29, 0.717) is 5.92 Å². The number of nitrogens with one attached hydrogen (secondary N) is 1. The van der Waals surface area contributed by atoms with Crippen molar-refractivity contribution in [3.05, 3.63) is 11.7 Å². The van der Waals surface area contributed by atoms with Crippen molar-refractivity contribution in [2.24, 2.45) is 0 Å². The number of thioether (sulfide) groups is 1. The lowest BCUT2D eigenvalue weighted by atomic mass is 10.3. The number of rotatable bonds is 2. The highest BCUT2D eigenvalue weighted by Crippen LogP contribution is 2.38. The molecule has 2 fully saturated rings. The molecule has 0 amide bonds. The highest BCUT2D eigenvalue weighted by molar-refractivity contribution is 7.99. The van der Waals surface area contributed by atoms with E-state index in [1.165, 1.54) is 12.8 Å². The highest BCUT2D eigenvalue weighted by atomic mass is 32.2. The van der Waals surface area contributed by atoms with Gasteiger partial charge in [0.1, 0.15) is 0 Å². The summed E-state index contributed by atoms with van der Waals surface area (Å²) in [5.74, 6) is 4.31. The maximum atomic E-state index is 5.21. The molecule has 1 aromatic rings. The van der Waals surface area contributed by atoms with Gasteiger partial charge in [-0.05, 0) is 12.8 Å². The van der Waals surface area contributed by atoms with E-state index in [2.05, 4.69) is 15.5 Å². The topological polar surface area (TPSA) is 51.0 Å². The molecule has 4 nitrogen and oxygen atoms in total. The second-order valence-corrected chi connectivity index (χ2v) is 4.57. The van der Waals surface area contributed by atoms with Gasteiger partial charge >= 0.3 is 0 Å². The Morgan fingerprint density at radius 2 is 2.38 bits per heavy atom. The maximum Gasteiger partial charge on any atom is 0.244 e. The van der Waals surface area contributed by atoms with Crippen LogP contribution >= 0.6 is 11.8 Å². The molecule has 0 unspecified atom stereocenters. The van der Waals surface area contributed by atoms with Gasteiger partial charge in [0.15, 0.2) is 5.82 Å². The number of aromatic nitrogens is 2. The Hall–Kier alpha value is -0.550. The molecule has 1 atom stereocenters. The molecule has 0 bridgehead atoms. The van der Waals surface area contributed by atoms with Gasteiger partial charge in [-0.15, -0.1) is 11.8 Å². The molecule has 0 aromatic carbocycles. The summed E-state index contributed by atoms with van der Waals surface area (Å²) < 4.78 is 5.21. The lowest BCUT2D eigenvalue weighted by Gasteiger charge is -1.99. The third kappa shape index (κ3) is 1.46. The van der Waals surface area contributed by atoms with E-state index >= 15 is 0 Å². The van der Waals surface area contributed by atoms with E-state index in [1.54, 1.807) is 0 Å². The normalized spacial score (nSPS) is 28.2. The molecule has 0 radical (unpaired) electrons. The van der Waals surface area contributed by atoms with Crippen molar-refractivity contribution in [1.29, 1.82) is 0 Å². The Labute approximate surface area is 80.5 Å². The molecule has 5 heteroatoms. The van der Waals surface area contributed by atoms with E-state index in [0.717, 1.165) is 23.3 Å². The van der Waals surface area contributed by atoms with Crippen LogP contribution in [0.5, 0.6) is 0 Å². The molecule has 3 rings (SSSR count). The number of hydrogen-bond acceptors (Lipinski definition) is 5. The van der Waals surface area contributed by atoms with Crippen molar-refractivity contribution in [1.82, 2.24) is 15.5 Å². The second-order valence-electron chi connectivity index (χ2n) is 3.54. The van der Waals surface area contributed by atoms with Crippen LogP contribution in [-0.4, -0.2) is 21.8 Å². The van der Waals surface area contributed by atoms with Crippen LogP contribution in [0.25, 0.3) is 0 Å². The summed E-state index contributed by atoms with van der Waals surface area (Å²) in [7, 11) is 0. The summed E-state index contributed by atoms with van der Waals surface area (Å²) in [5.41, 5.74) is 0. The van der Waals surface area contributed by atoms with Crippen molar-refractivity contribution < 1.29 is 4.52 Å². The van der Waals surface area contributed by atoms with Crippen LogP contribution in [0.2, 0.25) is 0 Å². The first-order chi connectivity index (χ1) is 6.43. The molecular weight excluding hydrogens is 186 g/mol. The van der Waals surface area contributed by atoms with Gasteiger partial charge < -0.3 is 4.52 Å². The van der Waals surface area contributed by atoms with Gasteiger partial charge in [0.2, 0.25) is 5.89 Å². The maximum absolute atomic E-state index is 5.21. The minimum absolute atomic E-state index is 0.282. The molecule has 1 N–H and O–H groups in total. The molecule has 1 aliphatic heterocycles. The van der Waals surface area contributed by atoms with Crippen LogP contribution in [0, 0.1) is 0 Å². The Balaban J connectivity index is 1.79. The molecule has 1 saturated carbocycles. The second kappa shape index (κ2) is 2.99. The van der Waals surface area contributed by atoms with Crippen molar-refractivity contribution in [3.8, 4) is 0 Å². The first-order valence-corrected chi connectivity index (χ1v) is 5.73. The van der Waals surface area contributed by atoms with E-state index in [4.69, 9.17) is 4.52 Å². The molecular formula is C8H11N3OS. The highest BCUT2D eigenvalue weighted by Gasteiger charge is 2.30. The van der Waals surface area contributed by atoms with Crippen molar-refractivity contribution in [2.75, 3.05) is 11.6 Å². The predicted molar refractivity (Wildman–Crippen MR) is 49.5 cm³/mol. The van der Waals surface area contributed by atoms with E-state index in [9.17, 15) is 0 Å². The number of hydrogen-bond donors (Lipinski definition) is 1. The van der Waals surface area contributed by atoms with E-state index in [-0.39, 0.29) is 6.04 Å². The summed E-state index contributed by atoms with van der Waals surface area (Å²) in [6.45, 7) is 0. The van der Waals surface area contributed by atoms with Gasteiger partial charge in [0.25, 0.3) is 0 Å². The summed E-state index contributed by atoms with van der Waals surface area (Å²) in [5, 5.41) is 7.30. The molecule has 1 aromatic heterocycles. The zero-order valence-electron chi connectivity index (χ0n) is 7.19. The fraction of sp³-hybridized carbons (Fsp3) is 0.750.